The summed E-state index contributed by atoms with van der Waals surface area (Å²) in [5.74, 6) is 6.87. The summed E-state index contributed by atoms with van der Waals surface area (Å²) in [5.41, 5.74) is 0. The van der Waals surface area contributed by atoms with E-state index < -0.39 is 0 Å². The van der Waals surface area contributed by atoms with Crippen LogP contribution >= 0.6 is 0 Å². The minimum absolute atomic E-state index is 0.641. The van der Waals surface area contributed by atoms with Gasteiger partial charge in [0.1, 0.15) is 0 Å². The Labute approximate surface area is 69.8 Å². The summed E-state index contributed by atoms with van der Waals surface area (Å²) in [7, 11) is 0. The molecule has 0 aromatic carbocycles. The van der Waals surface area contributed by atoms with Crippen LogP contribution in [0.1, 0.15) is 27.2 Å². The first kappa shape index (κ1) is 8.62. The Morgan fingerprint density at radius 2 is 2.18 bits per heavy atom. The van der Waals surface area contributed by atoms with Crippen molar-refractivity contribution in [3.05, 3.63) is 0 Å². The summed E-state index contributed by atoms with van der Waals surface area (Å²) in [6.45, 7) is 8.84. The van der Waals surface area contributed by atoms with E-state index in [1.807, 2.05) is 6.92 Å². The molecule has 0 N–H and O–H groups in total. The molecule has 0 aliphatic carbocycles. The minimum atomic E-state index is 0.641. The lowest BCUT2D eigenvalue weighted by Gasteiger charge is -2.19. The van der Waals surface area contributed by atoms with Gasteiger partial charge >= 0.3 is 0 Å². The van der Waals surface area contributed by atoms with Crippen molar-refractivity contribution in [2.75, 3.05) is 13.1 Å². The highest BCUT2D eigenvalue weighted by Gasteiger charge is 2.21. The van der Waals surface area contributed by atoms with Gasteiger partial charge in [0.15, 0.2) is 0 Å². The Balaban J connectivity index is 2.38. The second kappa shape index (κ2) is 3.78. The average molecular weight is 151 g/mol. The van der Waals surface area contributed by atoms with Crippen molar-refractivity contribution in [2.24, 2.45) is 5.92 Å². The van der Waals surface area contributed by atoms with Gasteiger partial charge in [-0.25, -0.2) is 0 Å². The zero-order chi connectivity index (χ0) is 8.27. The fraction of sp³-hybridized carbons (Fsp3) is 0.800. The zero-order valence-electron chi connectivity index (χ0n) is 7.72. The van der Waals surface area contributed by atoms with Crippen molar-refractivity contribution < 1.29 is 0 Å². The Morgan fingerprint density at radius 1 is 1.45 bits per heavy atom. The molecule has 0 radical (unpaired) electrons. The number of hydrogen-bond donors (Lipinski definition) is 0. The van der Waals surface area contributed by atoms with Crippen LogP contribution in [0.4, 0.5) is 0 Å². The van der Waals surface area contributed by atoms with E-state index in [0.29, 0.717) is 12.0 Å². The summed E-state index contributed by atoms with van der Waals surface area (Å²) in [6.07, 6.45) is 1.26. The number of likely N-dealkylation sites (tertiary alicyclic amines) is 1. The fourth-order valence-electron chi connectivity index (χ4n) is 1.58. The molecule has 1 aliphatic heterocycles. The predicted octanol–water partition coefficient (Wildman–Crippen LogP) is 1.74. The number of nitrogens with zero attached hydrogens (tertiary/aromatic N) is 1. The van der Waals surface area contributed by atoms with Gasteiger partial charge in [-0.15, -0.1) is 5.92 Å². The van der Waals surface area contributed by atoms with Gasteiger partial charge in [-0.1, -0.05) is 5.92 Å². The quantitative estimate of drug-likeness (QED) is 0.516. The number of rotatable bonds is 1. The lowest BCUT2D eigenvalue weighted by Crippen LogP contribution is -2.27. The summed E-state index contributed by atoms with van der Waals surface area (Å²) in [5, 5.41) is 0. The normalized spacial score (nSPS) is 25.3. The topological polar surface area (TPSA) is 3.24 Å². The highest BCUT2D eigenvalue weighted by Crippen LogP contribution is 2.17. The largest absolute Gasteiger partial charge is 0.300 e. The van der Waals surface area contributed by atoms with Crippen LogP contribution in [0.2, 0.25) is 0 Å². The molecule has 0 amide bonds. The molecular formula is C10H17N. The molecule has 0 aromatic heterocycles. The highest BCUT2D eigenvalue weighted by molar-refractivity contribution is 5.04. The van der Waals surface area contributed by atoms with E-state index >= 15 is 0 Å². The maximum atomic E-state index is 3.24. The van der Waals surface area contributed by atoms with Crippen molar-refractivity contribution in [3.8, 4) is 11.8 Å². The third-order valence-corrected chi connectivity index (χ3v) is 2.30. The first-order valence-corrected chi connectivity index (χ1v) is 4.40. The summed E-state index contributed by atoms with van der Waals surface area (Å²) < 4.78 is 0. The van der Waals surface area contributed by atoms with Gasteiger partial charge in [0.05, 0.1) is 0 Å². The smallest absolute Gasteiger partial charge is 0.0342 e. The van der Waals surface area contributed by atoms with E-state index in [4.69, 9.17) is 0 Å². The second-order valence-corrected chi connectivity index (χ2v) is 3.47. The first-order valence-electron chi connectivity index (χ1n) is 4.40. The molecule has 62 valence electrons. The molecule has 0 spiro atoms. The lowest BCUT2D eigenvalue weighted by atomic mass is 10.1. The third-order valence-electron chi connectivity index (χ3n) is 2.30. The van der Waals surface area contributed by atoms with E-state index in [-0.39, 0.29) is 0 Å². The van der Waals surface area contributed by atoms with Crippen LogP contribution in [0.3, 0.4) is 0 Å². The van der Waals surface area contributed by atoms with Crippen molar-refractivity contribution in [2.45, 2.75) is 33.2 Å². The van der Waals surface area contributed by atoms with Gasteiger partial charge in [-0.3, -0.25) is 4.90 Å². The third kappa shape index (κ3) is 2.24. The van der Waals surface area contributed by atoms with Gasteiger partial charge in [-0.05, 0) is 33.7 Å². The van der Waals surface area contributed by atoms with Gasteiger partial charge in [-0.2, -0.15) is 0 Å². The zero-order valence-corrected chi connectivity index (χ0v) is 7.72. The Hall–Kier alpha value is -0.480. The molecule has 11 heavy (non-hydrogen) atoms. The SMILES string of the molecule is CC#CC1CCN(C(C)C)C1. The summed E-state index contributed by atoms with van der Waals surface area (Å²) in [6, 6.07) is 0.693. The maximum absolute atomic E-state index is 3.24. The van der Waals surface area contributed by atoms with Crippen LogP contribution in [-0.4, -0.2) is 24.0 Å². The molecular weight excluding hydrogens is 134 g/mol. The van der Waals surface area contributed by atoms with E-state index in [1.165, 1.54) is 19.5 Å². The Bertz CT molecular complexity index is 173. The van der Waals surface area contributed by atoms with E-state index in [1.54, 1.807) is 0 Å². The van der Waals surface area contributed by atoms with Crippen LogP contribution in [0.15, 0.2) is 0 Å². The van der Waals surface area contributed by atoms with Crippen molar-refractivity contribution in [3.63, 3.8) is 0 Å². The highest BCUT2D eigenvalue weighted by atomic mass is 15.2. The molecule has 1 unspecified atom stereocenters. The molecule has 1 aliphatic rings. The van der Waals surface area contributed by atoms with Crippen LogP contribution < -0.4 is 0 Å². The van der Waals surface area contributed by atoms with Crippen LogP contribution in [-0.2, 0) is 0 Å². The Kier molecular flexibility index (Phi) is 2.96. The van der Waals surface area contributed by atoms with Crippen molar-refractivity contribution in [1.82, 2.24) is 4.90 Å². The standard InChI is InChI=1S/C10H17N/c1-4-5-10-6-7-11(8-10)9(2)3/h9-10H,6-8H2,1-3H3. The Morgan fingerprint density at radius 3 is 2.64 bits per heavy atom. The molecule has 0 bridgehead atoms. The van der Waals surface area contributed by atoms with Crippen LogP contribution in [0, 0.1) is 17.8 Å². The minimum Gasteiger partial charge on any atom is -0.300 e. The van der Waals surface area contributed by atoms with Crippen LogP contribution in [0.5, 0.6) is 0 Å². The van der Waals surface area contributed by atoms with E-state index in [0.717, 1.165) is 0 Å². The van der Waals surface area contributed by atoms with E-state index in [9.17, 15) is 0 Å². The summed E-state index contributed by atoms with van der Waals surface area (Å²) >= 11 is 0. The average Bonchev–Trinajstić information content (AvgIpc) is 2.37. The monoisotopic (exact) mass is 151 g/mol. The predicted molar refractivity (Wildman–Crippen MR) is 48.3 cm³/mol. The molecule has 1 nitrogen and oxygen atoms in total. The van der Waals surface area contributed by atoms with Gasteiger partial charge in [0.2, 0.25) is 0 Å². The summed E-state index contributed by atoms with van der Waals surface area (Å²) in [4.78, 5) is 2.50. The molecule has 0 saturated carbocycles. The van der Waals surface area contributed by atoms with Crippen molar-refractivity contribution in [1.29, 1.82) is 0 Å². The molecule has 1 atom stereocenters. The molecule has 0 aromatic rings. The van der Waals surface area contributed by atoms with Gasteiger partial charge in [0, 0.05) is 18.5 Å². The maximum Gasteiger partial charge on any atom is 0.0342 e. The molecule has 1 saturated heterocycles. The first-order chi connectivity index (χ1) is 5.24. The van der Waals surface area contributed by atoms with Crippen molar-refractivity contribution >= 4 is 0 Å². The molecule has 1 fully saturated rings. The molecule has 1 heterocycles. The van der Waals surface area contributed by atoms with Gasteiger partial charge < -0.3 is 0 Å². The van der Waals surface area contributed by atoms with E-state index in [2.05, 4.69) is 30.6 Å². The van der Waals surface area contributed by atoms with Crippen LogP contribution in [0.25, 0.3) is 0 Å². The molecule has 1 rings (SSSR count). The fourth-order valence-corrected chi connectivity index (χ4v) is 1.58. The lowest BCUT2D eigenvalue weighted by molar-refractivity contribution is 0.271. The second-order valence-electron chi connectivity index (χ2n) is 3.47. The molecule has 1 heteroatoms. The number of hydrogen-bond acceptors (Lipinski definition) is 1. The van der Waals surface area contributed by atoms with Gasteiger partial charge in [0.25, 0.3) is 0 Å².